The van der Waals surface area contributed by atoms with Gasteiger partial charge in [0.1, 0.15) is 5.75 Å². The van der Waals surface area contributed by atoms with Gasteiger partial charge in [0.2, 0.25) is 5.91 Å². The predicted octanol–water partition coefficient (Wildman–Crippen LogP) is 4.76. The standard InChI is InChI=1S/C19H14Br2N2O2/c20-14-6-8-18(24)13(9-14)11-22-23-19(25)10-12-5-7-17(21)16-4-2-1-3-15(12)16/h1-9,11,24H,10H2,(H,23,25). The van der Waals surface area contributed by atoms with Gasteiger partial charge in [-0.3, -0.25) is 4.79 Å². The molecule has 0 aliphatic carbocycles. The number of fused-ring (bicyclic) bond motifs is 1. The lowest BCUT2D eigenvalue weighted by Crippen LogP contribution is -2.19. The van der Waals surface area contributed by atoms with Crippen LogP contribution in [0.15, 0.2) is 68.6 Å². The van der Waals surface area contributed by atoms with Crippen LogP contribution in [0.3, 0.4) is 0 Å². The van der Waals surface area contributed by atoms with E-state index in [0.717, 1.165) is 25.3 Å². The first kappa shape index (κ1) is 17.6. The molecule has 6 heteroatoms. The molecular formula is C19H14Br2N2O2. The highest BCUT2D eigenvalue weighted by Gasteiger charge is 2.08. The van der Waals surface area contributed by atoms with Crippen molar-refractivity contribution in [2.45, 2.75) is 6.42 Å². The third-order valence-electron chi connectivity index (χ3n) is 3.69. The number of rotatable bonds is 4. The smallest absolute Gasteiger partial charge is 0.244 e. The maximum atomic E-state index is 12.2. The molecule has 126 valence electrons. The van der Waals surface area contributed by atoms with Crippen LogP contribution in [0, 0.1) is 0 Å². The highest BCUT2D eigenvalue weighted by Crippen LogP contribution is 2.27. The van der Waals surface area contributed by atoms with E-state index >= 15 is 0 Å². The van der Waals surface area contributed by atoms with Crippen LogP contribution >= 0.6 is 31.9 Å². The molecule has 25 heavy (non-hydrogen) atoms. The number of aromatic hydroxyl groups is 1. The van der Waals surface area contributed by atoms with Gasteiger partial charge in [0.15, 0.2) is 0 Å². The lowest BCUT2D eigenvalue weighted by molar-refractivity contribution is -0.120. The fourth-order valence-electron chi connectivity index (χ4n) is 2.49. The number of carbonyl (C=O) groups excluding carboxylic acids is 1. The molecule has 0 heterocycles. The van der Waals surface area contributed by atoms with Crippen LogP contribution in [-0.4, -0.2) is 17.2 Å². The quantitative estimate of drug-likeness (QED) is 0.434. The molecular weight excluding hydrogens is 448 g/mol. The zero-order valence-corrected chi connectivity index (χ0v) is 16.2. The molecule has 0 spiro atoms. The van der Waals surface area contributed by atoms with Gasteiger partial charge in [0.25, 0.3) is 0 Å². The summed E-state index contributed by atoms with van der Waals surface area (Å²) in [5.74, 6) is -0.127. The SMILES string of the molecule is O=C(Cc1ccc(Br)c2ccccc12)NN=Cc1cc(Br)ccc1O. The van der Waals surface area contributed by atoms with Crippen LogP contribution in [0.25, 0.3) is 10.8 Å². The van der Waals surface area contributed by atoms with Crippen molar-refractivity contribution in [1.29, 1.82) is 0 Å². The first-order valence-electron chi connectivity index (χ1n) is 7.51. The topological polar surface area (TPSA) is 61.7 Å². The van der Waals surface area contributed by atoms with Crippen LogP contribution in [0.5, 0.6) is 5.75 Å². The van der Waals surface area contributed by atoms with Gasteiger partial charge in [-0.05, 0) is 40.6 Å². The fourth-order valence-corrected chi connectivity index (χ4v) is 3.35. The zero-order chi connectivity index (χ0) is 17.8. The summed E-state index contributed by atoms with van der Waals surface area (Å²) < 4.78 is 1.81. The number of benzene rings is 3. The van der Waals surface area contributed by atoms with E-state index in [1.807, 2.05) is 36.4 Å². The number of carbonyl (C=O) groups is 1. The molecule has 3 aromatic carbocycles. The normalized spacial score (nSPS) is 11.1. The summed E-state index contributed by atoms with van der Waals surface area (Å²) in [6.45, 7) is 0. The Bertz CT molecular complexity index is 971. The summed E-state index contributed by atoms with van der Waals surface area (Å²) in [5, 5.41) is 15.8. The zero-order valence-electron chi connectivity index (χ0n) is 13.0. The lowest BCUT2D eigenvalue weighted by Gasteiger charge is -2.07. The van der Waals surface area contributed by atoms with E-state index in [2.05, 4.69) is 42.4 Å². The van der Waals surface area contributed by atoms with E-state index < -0.39 is 0 Å². The van der Waals surface area contributed by atoms with Crippen molar-refractivity contribution in [2.75, 3.05) is 0 Å². The number of hydrazone groups is 1. The molecule has 3 aromatic rings. The second-order valence-electron chi connectivity index (χ2n) is 5.43. The number of phenolic OH excluding ortho intramolecular Hbond substituents is 1. The largest absolute Gasteiger partial charge is 0.507 e. The number of halogens is 2. The average Bonchev–Trinajstić information content (AvgIpc) is 2.61. The van der Waals surface area contributed by atoms with E-state index in [1.165, 1.54) is 6.21 Å². The Morgan fingerprint density at radius 1 is 1.08 bits per heavy atom. The van der Waals surface area contributed by atoms with Crippen molar-refractivity contribution in [3.8, 4) is 5.75 Å². The van der Waals surface area contributed by atoms with Gasteiger partial charge in [-0.15, -0.1) is 0 Å². The molecule has 2 N–H and O–H groups in total. The van der Waals surface area contributed by atoms with Gasteiger partial charge >= 0.3 is 0 Å². The first-order valence-corrected chi connectivity index (χ1v) is 9.10. The summed E-state index contributed by atoms with van der Waals surface area (Å²) in [7, 11) is 0. The maximum absolute atomic E-state index is 12.2. The van der Waals surface area contributed by atoms with Crippen molar-refractivity contribution >= 4 is 54.8 Å². The monoisotopic (exact) mass is 460 g/mol. The van der Waals surface area contributed by atoms with Gasteiger partial charge < -0.3 is 5.11 Å². The Balaban J connectivity index is 1.72. The van der Waals surface area contributed by atoms with Crippen LogP contribution < -0.4 is 5.43 Å². The number of amides is 1. The molecule has 0 saturated heterocycles. The Hall–Kier alpha value is -2.18. The van der Waals surface area contributed by atoms with Gasteiger partial charge in [-0.1, -0.05) is 62.2 Å². The highest BCUT2D eigenvalue weighted by atomic mass is 79.9. The molecule has 0 radical (unpaired) electrons. The molecule has 0 saturated carbocycles. The molecule has 0 aliphatic rings. The number of nitrogens with zero attached hydrogens (tertiary/aromatic N) is 1. The Morgan fingerprint density at radius 2 is 1.84 bits per heavy atom. The second-order valence-corrected chi connectivity index (χ2v) is 7.20. The van der Waals surface area contributed by atoms with Crippen LogP contribution in [0.1, 0.15) is 11.1 Å². The average molecular weight is 462 g/mol. The van der Waals surface area contributed by atoms with Crippen molar-refractivity contribution < 1.29 is 9.90 Å². The molecule has 0 atom stereocenters. The third kappa shape index (κ3) is 4.27. The van der Waals surface area contributed by atoms with E-state index in [0.29, 0.717) is 5.56 Å². The van der Waals surface area contributed by atoms with Gasteiger partial charge in [0.05, 0.1) is 12.6 Å². The van der Waals surface area contributed by atoms with Crippen molar-refractivity contribution in [2.24, 2.45) is 5.10 Å². The Morgan fingerprint density at radius 3 is 2.64 bits per heavy atom. The summed E-state index contributed by atoms with van der Waals surface area (Å²) in [6, 6.07) is 16.8. The van der Waals surface area contributed by atoms with Gasteiger partial charge in [-0.25, -0.2) is 5.43 Å². The maximum Gasteiger partial charge on any atom is 0.244 e. The van der Waals surface area contributed by atoms with E-state index in [9.17, 15) is 9.90 Å². The minimum atomic E-state index is -0.224. The van der Waals surface area contributed by atoms with Crippen molar-refractivity contribution in [1.82, 2.24) is 5.43 Å². The predicted molar refractivity (Wildman–Crippen MR) is 107 cm³/mol. The highest BCUT2D eigenvalue weighted by molar-refractivity contribution is 9.11. The van der Waals surface area contributed by atoms with Crippen LogP contribution in [-0.2, 0) is 11.2 Å². The van der Waals surface area contributed by atoms with Crippen molar-refractivity contribution in [3.63, 3.8) is 0 Å². The molecule has 0 unspecified atom stereocenters. The summed E-state index contributed by atoms with van der Waals surface area (Å²) in [5.41, 5.74) is 3.94. The molecule has 0 aromatic heterocycles. The van der Waals surface area contributed by atoms with Gasteiger partial charge in [0, 0.05) is 14.5 Å². The molecule has 4 nitrogen and oxygen atoms in total. The second kappa shape index (κ2) is 7.80. The van der Waals surface area contributed by atoms with E-state index in [4.69, 9.17) is 0 Å². The molecule has 0 aliphatic heterocycles. The minimum absolute atomic E-state index is 0.0973. The third-order valence-corrected chi connectivity index (χ3v) is 4.88. The number of nitrogens with one attached hydrogen (secondary N) is 1. The Kier molecular flexibility index (Phi) is 5.50. The van der Waals surface area contributed by atoms with E-state index in [1.54, 1.807) is 18.2 Å². The summed E-state index contributed by atoms with van der Waals surface area (Å²) in [6.07, 6.45) is 1.63. The number of phenols is 1. The van der Waals surface area contributed by atoms with Crippen molar-refractivity contribution in [3.05, 3.63) is 74.7 Å². The summed E-state index contributed by atoms with van der Waals surface area (Å²) >= 11 is 6.85. The number of hydrogen-bond donors (Lipinski definition) is 2. The van der Waals surface area contributed by atoms with E-state index in [-0.39, 0.29) is 18.1 Å². The molecule has 1 amide bonds. The Labute approximate surface area is 161 Å². The van der Waals surface area contributed by atoms with Crippen LogP contribution in [0.4, 0.5) is 0 Å². The van der Waals surface area contributed by atoms with Gasteiger partial charge in [-0.2, -0.15) is 5.10 Å². The molecule has 3 rings (SSSR count). The summed E-state index contributed by atoms with van der Waals surface area (Å²) in [4.78, 5) is 12.2. The molecule has 0 bridgehead atoms. The molecule has 0 fully saturated rings. The first-order chi connectivity index (χ1) is 12.0. The fraction of sp³-hybridized carbons (Fsp3) is 0.0526. The van der Waals surface area contributed by atoms with Crippen LogP contribution in [0.2, 0.25) is 0 Å². The lowest BCUT2D eigenvalue weighted by atomic mass is 10.0. The minimum Gasteiger partial charge on any atom is -0.507 e. The number of hydrogen-bond acceptors (Lipinski definition) is 3.